The lowest BCUT2D eigenvalue weighted by Crippen LogP contribution is -2.36. The second kappa shape index (κ2) is 7.32. The zero-order chi connectivity index (χ0) is 16.9. The molecule has 23 heavy (non-hydrogen) atoms. The van der Waals surface area contributed by atoms with Crippen LogP contribution in [0.2, 0.25) is 0 Å². The number of carbonyl (C=O) groups excluding carboxylic acids is 1. The summed E-state index contributed by atoms with van der Waals surface area (Å²) < 4.78 is 17.3. The molecule has 0 bridgehead atoms. The van der Waals surface area contributed by atoms with Gasteiger partial charge in [0.2, 0.25) is 11.8 Å². The summed E-state index contributed by atoms with van der Waals surface area (Å²) in [6, 6.07) is 18.0. The number of esters is 1. The smallest absolute Gasteiger partial charge is 0.441 e. The molecule has 2 rings (SSSR count). The molecule has 1 atom stereocenters. The van der Waals surface area contributed by atoms with Crippen molar-refractivity contribution in [3.05, 3.63) is 83.9 Å². The zero-order valence-electron chi connectivity index (χ0n) is 12.8. The molecule has 2 aromatic rings. The molecule has 118 valence electrons. The maximum absolute atomic E-state index is 12.2. The van der Waals surface area contributed by atoms with Crippen LogP contribution in [0.5, 0.6) is 0 Å². The highest BCUT2D eigenvalue weighted by molar-refractivity contribution is 7.38. The molecule has 2 aromatic carbocycles. The van der Waals surface area contributed by atoms with Crippen LogP contribution in [-0.2, 0) is 19.7 Å². The first-order valence-electron chi connectivity index (χ1n) is 7.09. The number of ether oxygens (including phenoxy) is 1. The molecular weight excluding hydrogens is 311 g/mol. The summed E-state index contributed by atoms with van der Waals surface area (Å²) in [6.45, 7) is 5.14. The highest BCUT2D eigenvalue weighted by Gasteiger charge is 2.45. The predicted octanol–water partition coefficient (Wildman–Crippen LogP) is 3.78. The van der Waals surface area contributed by atoms with Gasteiger partial charge in [-0.15, -0.1) is 0 Å². The van der Waals surface area contributed by atoms with Crippen molar-refractivity contribution in [1.82, 2.24) is 0 Å². The summed E-state index contributed by atoms with van der Waals surface area (Å²) >= 11 is 0. The number of rotatable bonds is 6. The molecule has 0 saturated heterocycles. The fourth-order valence-electron chi connectivity index (χ4n) is 2.35. The van der Waals surface area contributed by atoms with Gasteiger partial charge in [0.1, 0.15) is 0 Å². The van der Waals surface area contributed by atoms with Crippen LogP contribution in [0.25, 0.3) is 0 Å². The molecule has 0 saturated carbocycles. The SMILES string of the molecule is C=C(C)C(=O)OC(C[P+](=O)O)(c1ccccc1)c1ccccc1. The minimum absolute atomic E-state index is 0.227. The van der Waals surface area contributed by atoms with Crippen molar-refractivity contribution in [3.8, 4) is 0 Å². The molecule has 0 aliphatic heterocycles. The van der Waals surface area contributed by atoms with Gasteiger partial charge in [0.25, 0.3) is 0 Å². The summed E-state index contributed by atoms with van der Waals surface area (Å²) in [7, 11) is -2.54. The van der Waals surface area contributed by atoms with Crippen LogP contribution in [-0.4, -0.2) is 17.0 Å². The Morgan fingerprint density at radius 3 is 1.87 bits per heavy atom. The van der Waals surface area contributed by atoms with Crippen LogP contribution < -0.4 is 0 Å². The quantitative estimate of drug-likeness (QED) is 0.498. The van der Waals surface area contributed by atoms with E-state index < -0.39 is 19.6 Å². The molecule has 5 heteroatoms. The van der Waals surface area contributed by atoms with Gasteiger partial charge in [0.05, 0.1) is 0 Å². The normalized spacial score (nSPS) is 11.7. The molecule has 0 aromatic heterocycles. The summed E-state index contributed by atoms with van der Waals surface area (Å²) in [5.41, 5.74) is 0.173. The van der Waals surface area contributed by atoms with Crippen LogP contribution in [0, 0.1) is 0 Å². The largest absolute Gasteiger partial charge is 0.510 e. The van der Waals surface area contributed by atoms with E-state index >= 15 is 0 Å². The van der Waals surface area contributed by atoms with Gasteiger partial charge in [0.15, 0.2) is 0 Å². The molecule has 0 aliphatic rings. The maximum atomic E-state index is 12.2. The van der Waals surface area contributed by atoms with E-state index in [4.69, 9.17) is 4.74 Å². The van der Waals surface area contributed by atoms with Crippen LogP contribution in [0.1, 0.15) is 18.1 Å². The Kier molecular flexibility index (Phi) is 5.43. The Hall–Kier alpha value is -2.29. The van der Waals surface area contributed by atoms with Gasteiger partial charge in [-0.2, -0.15) is 4.89 Å². The summed E-state index contributed by atoms with van der Waals surface area (Å²) in [5, 5.41) is 0. The Bertz CT molecular complexity index is 671. The molecule has 1 N–H and O–H groups in total. The second-order valence-electron chi connectivity index (χ2n) is 5.24. The van der Waals surface area contributed by atoms with Gasteiger partial charge >= 0.3 is 14.0 Å². The molecule has 0 radical (unpaired) electrons. The fourth-order valence-corrected chi connectivity index (χ4v) is 3.16. The molecule has 0 heterocycles. The topological polar surface area (TPSA) is 63.6 Å². The van der Waals surface area contributed by atoms with Crippen molar-refractivity contribution >= 4 is 14.0 Å². The Morgan fingerprint density at radius 2 is 1.52 bits per heavy atom. The maximum Gasteiger partial charge on any atom is 0.510 e. The molecule has 4 nitrogen and oxygen atoms in total. The van der Waals surface area contributed by atoms with Gasteiger partial charge in [-0.05, 0) is 11.5 Å². The summed E-state index contributed by atoms with van der Waals surface area (Å²) in [6.07, 6.45) is -0.227. The van der Waals surface area contributed by atoms with E-state index in [9.17, 15) is 14.3 Å². The van der Waals surface area contributed by atoms with E-state index in [0.29, 0.717) is 11.1 Å². The van der Waals surface area contributed by atoms with Crippen LogP contribution in [0.15, 0.2) is 72.8 Å². The van der Waals surface area contributed by atoms with Gasteiger partial charge in [-0.25, -0.2) is 4.79 Å². The third kappa shape index (κ3) is 3.92. The van der Waals surface area contributed by atoms with E-state index in [-0.39, 0.29) is 11.7 Å². The van der Waals surface area contributed by atoms with E-state index in [1.54, 1.807) is 55.5 Å². The third-order valence-electron chi connectivity index (χ3n) is 3.45. The van der Waals surface area contributed by atoms with Crippen molar-refractivity contribution in [2.45, 2.75) is 12.5 Å². The predicted molar refractivity (Wildman–Crippen MR) is 89.3 cm³/mol. The van der Waals surface area contributed by atoms with Crippen molar-refractivity contribution in [2.24, 2.45) is 0 Å². The van der Waals surface area contributed by atoms with Gasteiger partial charge in [-0.1, -0.05) is 67.2 Å². The number of carbonyl (C=O) groups is 1. The minimum atomic E-state index is -2.54. The van der Waals surface area contributed by atoms with Crippen molar-refractivity contribution < 1.29 is 19.0 Å². The average Bonchev–Trinajstić information content (AvgIpc) is 2.55. The molecule has 0 amide bonds. The molecule has 0 aliphatic carbocycles. The minimum Gasteiger partial charge on any atom is -0.441 e. The van der Waals surface area contributed by atoms with Gasteiger partial charge in [-0.3, -0.25) is 0 Å². The lowest BCUT2D eigenvalue weighted by Gasteiger charge is -2.30. The lowest BCUT2D eigenvalue weighted by molar-refractivity contribution is -0.150. The van der Waals surface area contributed by atoms with Crippen molar-refractivity contribution in [1.29, 1.82) is 0 Å². The van der Waals surface area contributed by atoms with E-state index in [2.05, 4.69) is 6.58 Å². The van der Waals surface area contributed by atoms with E-state index in [1.165, 1.54) is 0 Å². The number of hydrogen-bond donors (Lipinski definition) is 1. The first kappa shape index (κ1) is 17.1. The van der Waals surface area contributed by atoms with Crippen molar-refractivity contribution in [3.63, 3.8) is 0 Å². The van der Waals surface area contributed by atoms with Crippen LogP contribution >= 0.6 is 8.03 Å². The summed E-state index contributed by atoms with van der Waals surface area (Å²) in [5.74, 6) is -0.602. The Balaban J connectivity index is 2.65. The Morgan fingerprint density at radius 1 is 1.09 bits per heavy atom. The second-order valence-corrected chi connectivity index (χ2v) is 6.26. The average molecular weight is 329 g/mol. The van der Waals surface area contributed by atoms with Crippen LogP contribution in [0.3, 0.4) is 0 Å². The monoisotopic (exact) mass is 329 g/mol. The Labute approximate surface area is 136 Å². The van der Waals surface area contributed by atoms with E-state index in [1.807, 2.05) is 12.1 Å². The van der Waals surface area contributed by atoms with Crippen LogP contribution in [0.4, 0.5) is 0 Å². The third-order valence-corrected chi connectivity index (χ3v) is 4.17. The molecule has 0 spiro atoms. The number of benzene rings is 2. The molecular formula is C18H18O4P+. The first-order valence-corrected chi connectivity index (χ1v) is 8.49. The number of hydrogen-bond acceptors (Lipinski definition) is 3. The fraction of sp³-hybridized carbons (Fsp3) is 0.167. The highest BCUT2D eigenvalue weighted by Crippen LogP contribution is 2.40. The summed E-state index contributed by atoms with van der Waals surface area (Å²) in [4.78, 5) is 21.7. The highest BCUT2D eigenvalue weighted by atomic mass is 31.1. The zero-order valence-corrected chi connectivity index (χ0v) is 13.7. The van der Waals surface area contributed by atoms with Crippen molar-refractivity contribution in [2.75, 3.05) is 6.16 Å². The molecule has 0 fully saturated rings. The molecule has 1 unspecified atom stereocenters. The van der Waals surface area contributed by atoms with Gasteiger partial charge < -0.3 is 4.74 Å². The lowest BCUT2D eigenvalue weighted by atomic mass is 9.87. The van der Waals surface area contributed by atoms with E-state index in [0.717, 1.165) is 0 Å². The van der Waals surface area contributed by atoms with Gasteiger partial charge in [0, 0.05) is 16.7 Å². The standard InChI is InChI=1S/C18H17O4P/c1-14(2)17(19)22-18(13-23(20)21,15-9-5-3-6-10-15)16-11-7-4-8-12-16/h3-12H,1,13H2,2H3/p+1. The first-order chi connectivity index (χ1) is 11.0.